The van der Waals surface area contributed by atoms with Crippen LogP contribution in [0.1, 0.15) is 227 Å². The van der Waals surface area contributed by atoms with Crippen LogP contribution in [0.4, 0.5) is 0 Å². The maximum absolute atomic E-state index is 6.26. The summed E-state index contributed by atoms with van der Waals surface area (Å²) >= 11 is 0. The van der Waals surface area contributed by atoms with Crippen LogP contribution in [0.15, 0.2) is 0 Å². The molecule has 0 N–H and O–H groups in total. The highest BCUT2D eigenvalue weighted by Crippen LogP contribution is 2.43. The molecule has 0 aromatic carbocycles. The van der Waals surface area contributed by atoms with Gasteiger partial charge in [0.15, 0.2) is 66.5 Å². The lowest BCUT2D eigenvalue weighted by Crippen LogP contribution is -2.49. The Morgan fingerprint density at radius 1 is 0.258 bits per heavy atom. The standard InChI is InChI=1S/C10H22OSi.C9H20OSi.C8H18O2Si.3C8H18OSi.C7H16OSi.2C6H14OSi/c1-9(2)12(5)8-6-7-10(3,4)11-12;1-8(2)11(5)7-6-9(3,4)10-11;1-8(2)6-5-7-11(4,9-3)10-8;2*1-8(2)6-5-7-10(3,4)9-8;1-8(2)10(3)7-5-4-6-9-10;1-7(2)9(3)6-4-5-8-9;2*1-8(2)6-4-3-5-7-8/h9H,6-8H2,1-5H3;8H,6-7H2,1-5H3;5-7H2,1-4H3;2*5-7H2,1-4H3;8H,4-7H2,1-3H3;7H,4-6H2,1-3H3;2*3-6H2,1-2H3. The van der Waals surface area contributed by atoms with Gasteiger partial charge in [-0.3, -0.25) is 0 Å². The van der Waals surface area contributed by atoms with Gasteiger partial charge in [0.25, 0.3) is 0 Å². The first-order chi connectivity index (χ1) is 40.2. The summed E-state index contributed by atoms with van der Waals surface area (Å²) in [7, 11) is -9.63. The molecule has 0 radical (unpaired) electrons. The predicted molar refractivity (Wildman–Crippen MR) is 412 cm³/mol. The Labute approximate surface area is 566 Å². The maximum Gasteiger partial charge on any atom is 0.335 e. The average molecular weight is 1410 g/mol. The van der Waals surface area contributed by atoms with Crippen LogP contribution in [0.25, 0.3) is 0 Å². The molecule has 9 saturated heterocycles. The van der Waals surface area contributed by atoms with E-state index in [0.29, 0.717) is 0 Å². The summed E-state index contributed by atoms with van der Waals surface area (Å²) in [5.74, 6) is 0. The first-order valence-corrected chi connectivity index (χ1v) is 62.6. The molecule has 0 aliphatic carbocycles. The van der Waals surface area contributed by atoms with Gasteiger partial charge < -0.3 is 44.3 Å². The molecule has 10 nitrogen and oxygen atoms in total. The third-order valence-electron chi connectivity index (χ3n) is 21.2. The molecule has 0 aromatic rings. The molecule has 534 valence electrons. The Kier molecular flexibility index (Phi) is 37.5. The Bertz CT molecular complexity index is 1840. The molecule has 0 saturated carbocycles. The van der Waals surface area contributed by atoms with E-state index in [0.717, 1.165) is 54.6 Å². The van der Waals surface area contributed by atoms with Crippen LogP contribution >= 0.6 is 0 Å². The second-order valence-electron chi connectivity index (χ2n) is 36.3. The van der Waals surface area contributed by atoms with Crippen molar-refractivity contribution in [1.29, 1.82) is 0 Å². The first kappa shape index (κ1) is 88.6. The lowest BCUT2D eigenvalue weighted by atomic mass is 10.0. The minimum atomic E-state index is -1.75. The molecule has 9 fully saturated rings. The number of hydrogen-bond acceptors (Lipinski definition) is 10. The zero-order chi connectivity index (χ0) is 68.9. The zero-order valence-corrected chi connectivity index (χ0v) is 74.9. The summed E-state index contributed by atoms with van der Waals surface area (Å²) in [6.45, 7) is 74.6. The molecule has 9 aliphatic rings. The van der Waals surface area contributed by atoms with Gasteiger partial charge in [-0.25, -0.2) is 0 Å². The highest BCUT2D eigenvalue weighted by molar-refractivity contribution is 6.76. The fourth-order valence-corrected chi connectivity index (χ4v) is 37.2. The summed E-state index contributed by atoms with van der Waals surface area (Å²) in [5, 5.41) is 0. The monoisotopic (exact) mass is 1410 g/mol. The van der Waals surface area contributed by atoms with E-state index in [2.05, 4.69) is 210 Å². The molecule has 0 amide bonds. The van der Waals surface area contributed by atoms with E-state index in [9.17, 15) is 0 Å². The molecule has 19 heteroatoms. The minimum absolute atomic E-state index is 0.0508. The quantitative estimate of drug-likeness (QED) is 0.248. The molecule has 0 aromatic heterocycles. The van der Waals surface area contributed by atoms with Crippen molar-refractivity contribution < 1.29 is 44.3 Å². The Balaban J connectivity index is 0.000000502. The Morgan fingerprint density at radius 2 is 0.528 bits per heavy atom. The SMILES string of the molecule is CC(C)[Si]1(C)CCC(C)(C)O1.CC(C)[Si]1(C)CCCC(C)(C)O1.CC(C)[Si]1(C)CCCCO1.CC(C)[Si]1(C)CCCO1.CC1(C)CCC[Si](C)(C)O1.CC1(C)CCC[Si](C)(C)O1.CO[Si]1(C)CCCC(C)(C)O1.C[Si]1(C)CCCCO1.C[Si]1(C)CCCCO1. The summed E-state index contributed by atoms with van der Waals surface area (Å²) in [6.07, 6.45) is 20.9. The van der Waals surface area contributed by atoms with Crippen LogP contribution in [-0.4, -0.2) is 137 Å². The van der Waals surface area contributed by atoms with Crippen molar-refractivity contribution in [2.24, 2.45) is 0 Å². The van der Waals surface area contributed by atoms with Gasteiger partial charge in [-0.1, -0.05) is 93.9 Å². The summed E-state index contributed by atoms with van der Waals surface area (Å²) in [6, 6.07) is 12.0. The van der Waals surface area contributed by atoms with Gasteiger partial charge in [0.1, 0.15) is 0 Å². The third kappa shape index (κ3) is 36.8. The van der Waals surface area contributed by atoms with E-state index in [1.807, 2.05) is 0 Å². The van der Waals surface area contributed by atoms with Crippen molar-refractivity contribution in [2.45, 2.75) is 417 Å². The van der Waals surface area contributed by atoms with Gasteiger partial charge in [-0.2, -0.15) is 0 Å². The number of rotatable bonds is 5. The van der Waals surface area contributed by atoms with Crippen LogP contribution in [0, 0.1) is 0 Å². The van der Waals surface area contributed by atoms with Gasteiger partial charge in [0.05, 0.1) is 28.0 Å². The predicted octanol–water partition coefficient (Wildman–Crippen LogP) is 23.8. The van der Waals surface area contributed by atoms with Gasteiger partial charge in [-0.15, -0.1) is 0 Å². The van der Waals surface area contributed by atoms with Crippen molar-refractivity contribution in [2.75, 3.05) is 33.5 Å². The van der Waals surface area contributed by atoms with E-state index in [1.165, 1.54) is 151 Å². The number of hydrogen-bond donors (Lipinski definition) is 0. The van der Waals surface area contributed by atoms with E-state index in [-0.39, 0.29) is 28.0 Å². The van der Waals surface area contributed by atoms with Crippen molar-refractivity contribution >= 4 is 75.1 Å². The maximum atomic E-state index is 6.26. The van der Waals surface area contributed by atoms with Crippen LogP contribution in [0.2, 0.25) is 162 Å². The summed E-state index contributed by atoms with van der Waals surface area (Å²) in [5.41, 5.74) is 3.86. The van der Waals surface area contributed by atoms with Crippen molar-refractivity contribution in [3.63, 3.8) is 0 Å². The van der Waals surface area contributed by atoms with Crippen molar-refractivity contribution in [1.82, 2.24) is 0 Å². The van der Waals surface area contributed by atoms with Crippen molar-refractivity contribution in [3.8, 4) is 0 Å². The third-order valence-corrected chi connectivity index (χ3v) is 53.6. The van der Waals surface area contributed by atoms with Crippen molar-refractivity contribution in [3.05, 3.63) is 0 Å². The van der Waals surface area contributed by atoms with Gasteiger partial charge in [0, 0.05) is 33.5 Å². The van der Waals surface area contributed by atoms with Gasteiger partial charge in [-0.05, 0) is 295 Å². The molecule has 9 aliphatic heterocycles. The molecule has 9 heterocycles. The van der Waals surface area contributed by atoms with Crippen LogP contribution in [-0.2, 0) is 44.3 Å². The van der Waals surface area contributed by atoms with E-state index in [4.69, 9.17) is 44.3 Å². The van der Waals surface area contributed by atoms with E-state index in [1.54, 1.807) is 7.11 Å². The Morgan fingerprint density at radius 3 is 0.708 bits per heavy atom. The first-order valence-electron chi connectivity index (χ1n) is 36.8. The molecule has 0 spiro atoms. The topological polar surface area (TPSA) is 92.3 Å². The average Bonchev–Trinajstić information content (AvgIpc) is 3.34. The summed E-state index contributed by atoms with van der Waals surface area (Å²) < 4.78 is 58.6. The fourth-order valence-electron chi connectivity index (χ4n) is 13.8. The fraction of sp³-hybridized carbons (Fsp3) is 1.00. The molecular weight excluding hydrogens is 1250 g/mol. The highest BCUT2D eigenvalue weighted by atomic mass is 28.4. The van der Waals surface area contributed by atoms with E-state index >= 15 is 0 Å². The molecule has 0 bridgehead atoms. The molecule has 5 unspecified atom stereocenters. The Hall–Kier alpha value is 1.55. The van der Waals surface area contributed by atoms with Crippen LogP contribution in [0.3, 0.4) is 0 Å². The molecule has 5 atom stereocenters. The highest BCUT2D eigenvalue weighted by Gasteiger charge is 2.46. The lowest BCUT2D eigenvalue weighted by Gasteiger charge is -2.44. The second kappa shape index (κ2) is 37.7. The molecular formula is C70H158O10Si9. The minimum Gasteiger partial charge on any atom is -0.417 e. The van der Waals surface area contributed by atoms with Gasteiger partial charge >= 0.3 is 8.56 Å². The largest absolute Gasteiger partial charge is 0.417 e. The molecule has 89 heavy (non-hydrogen) atoms. The normalized spacial score (nSPS) is 33.2. The van der Waals surface area contributed by atoms with Crippen LogP contribution in [0.5, 0.6) is 0 Å². The zero-order valence-electron chi connectivity index (χ0n) is 65.9. The smallest absolute Gasteiger partial charge is 0.335 e. The lowest BCUT2D eigenvalue weighted by molar-refractivity contribution is 0.0342. The second-order valence-corrected chi connectivity index (χ2v) is 74.9. The van der Waals surface area contributed by atoms with E-state index < -0.39 is 75.1 Å². The summed E-state index contributed by atoms with van der Waals surface area (Å²) in [4.78, 5) is 0. The van der Waals surface area contributed by atoms with Crippen LogP contribution < -0.4 is 0 Å². The molecule has 9 rings (SSSR count). The van der Waals surface area contributed by atoms with Gasteiger partial charge in [0.2, 0.25) is 0 Å².